The van der Waals surface area contributed by atoms with Gasteiger partial charge in [-0.2, -0.15) is 0 Å². The van der Waals surface area contributed by atoms with Crippen molar-refractivity contribution in [3.05, 3.63) is 53.0 Å². The van der Waals surface area contributed by atoms with E-state index in [-0.39, 0.29) is 6.04 Å². The van der Waals surface area contributed by atoms with Gasteiger partial charge in [0.1, 0.15) is 23.9 Å². The largest absolute Gasteiger partial charge is 0.491 e. The smallest absolute Gasteiger partial charge is 0.124 e. The zero-order valence-corrected chi connectivity index (χ0v) is 12.2. The second-order valence-corrected chi connectivity index (χ2v) is 4.73. The van der Waals surface area contributed by atoms with Gasteiger partial charge in [-0.05, 0) is 26.0 Å². The maximum atomic E-state index is 6.36. The molecule has 1 atom stereocenters. The number of aryl methyl sites for hydroxylation is 2. The van der Waals surface area contributed by atoms with E-state index in [1.807, 2.05) is 44.2 Å². The summed E-state index contributed by atoms with van der Waals surface area (Å²) in [5.41, 5.74) is 8.31. The Labute approximate surface area is 119 Å². The van der Waals surface area contributed by atoms with Crippen LogP contribution in [0.15, 0.2) is 34.7 Å². The standard InChI is InChI=1S/C16H21NO3/c1-11-10-14(12(2)20-11)16(17)13-6-4-5-7-15(13)19-9-8-18-3/h4-7,10,16H,8-9,17H2,1-3H3. The molecule has 0 saturated carbocycles. The van der Waals surface area contributed by atoms with Crippen LogP contribution in [0.3, 0.4) is 0 Å². The van der Waals surface area contributed by atoms with Crippen LogP contribution in [0, 0.1) is 13.8 Å². The van der Waals surface area contributed by atoms with Crippen LogP contribution in [0.1, 0.15) is 28.7 Å². The molecule has 20 heavy (non-hydrogen) atoms. The van der Waals surface area contributed by atoms with Gasteiger partial charge in [0.15, 0.2) is 0 Å². The van der Waals surface area contributed by atoms with Gasteiger partial charge in [-0.15, -0.1) is 0 Å². The number of nitrogens with two attached hydrogens (primary N) is 1. The lowest BCUT2D eigenvalue weighted by atomic mass is 9.99. The molecule has 108 valence electrons. The molecule has 0 aliphatic rings. The van der Waals surface area contributed by atoms with Gasteiger partial charge in [-0.1, -0.05) is 18.2 Å². The zero-order valence-electron chi connectivity index (χ0n) is 12.2. The summed E-state index contributed by atoms with van der Waals surface area (Å²) in [6.07, 6.45) is 0. The highest BCUT2D eigenvalue weighted by Crippen LogP contribution is 2.31. The Morgan fingerprint density at radius 2 is 1.90 bits per heavy atom. The Morgan fingerprint density at radius 3 is 2.55 bits per heavy atom. The summed E-state index contributed by atoms with van der Waals surface area (Å²) in [6.45, 7) is 4.90. The van der Waals surface area contributed by atoms with Crippen molar-refractivity contribution < 1.29 is 13.9 Å². The van der Waals surface area contributed by atoms with E-state index in [0.29, 0.717) is 13.2 Å². The number of rotatable bonds is 6. The summed E-state index contributed by atoms with van der Waals surface area (Å²) in [4.78, 5) is 0. The zero-order chi connectivity index (χ0) is 14.5. The summed E-state index contributed by atoms with van der Waals surface area (Å²) in [6, 6.07) is 9.52. The summed E-state index contributed by atoms with van der Waals surface area (Å²) in [7, 11) is 1.65. The Hall–Kier alpha value is -1.78. The molecule has 0 spiro atoms. The van der Waals surface area contributed by atoms with Crippen molar-refractivity contribution >= 4 is 0 Å². The van der Waals surface area contributed by atoms with E-state index >= 15 is 0 Å². The van der Waals surface area contributed by atoms with Gasteiger partial charge < -0.3 is 19.6 Å². The average Bonchev–Trinajstić information content (AvgIpc) is 2.78. The number of benzene rings is 1. The molecule has 1 aromatic carbocycles. The lowest BCUT2D eigenvalue weighted by molar-refractivity contribution is 0.145. The first-order valence-electron chi connectivity index (χ1n) is 6.66. The van der Waals surface area contributed by atoms with Crippen molar-refractivity contribution in [1.29, 1.82) is 0 Å². The van der Waals surface area contributed by atoms with Crippen molar-refractivity contribution in [2.75, 3.05) is 20.3 Å². The third kappa shape index (κ3) is 3.21. The van der Waals surface area contributed by atoms with Crippen molar-refractivity contribution in [3.63, 3.8) is 0 Å². The molecule has 0 bridgehead atoms. The van der Waals surface area contributed by atoms with E-state index in [2.05, 4.69) is 0 Å². The Morgan fingerprint density at radius 1 is 1.15 bits per heavy atom. The fourth-order valence-corrected chi connectivity index (χ4v) is 2.23. The number of hydrogen-bond donors (Lipinski definition) is 1. The van der Waals surface area contributed by atoms with Gasteiger partial charge in [-0.3, -0.25) is 0 Å². The summed E-state index contributed by atoms with van der Waals surface area (Å²) in [5.74, 6) is 2.50. The van der Waals surface area contributed by atoms with Gasteiger partial charge in [0.2, 0.25) is 0 Å². The maximum absolute atomic E-state index is 6.36. The minimum Gasteiger partial charge on any atom is -0.491 e. The van der Waals surface area contributed by atoms with E-state index in [4.69, 9.17) is 19.6 Å². The molecule has 4 heteroatoms. The van der Waals surface area contributed by atoms with Crippen molar-refractivity contribution in [1.82, 2.24) is 0 Å². The van der Waals surface area contributed by atoms with Crippen LogP contribution in [0.4, 0.5) is 0 Å². The maximum Gasteiger partial charge on any atom is 0.124 e. The minimum absolute atomic E-state index is 0.258. The number of furan rings is 1. The fourth-order valence-electron chi connectivity index (χ4n) is 2.23. The van der Waals surface area contributed by atoms with Gasteiger partial charge in [-0.25, -0.2) is 0 Å². The Bertz CT molecular complexity index is 563. The molecule has 0 radical (unpaired) electrons. The van der Waals surface area contributed by atoms with Crippen molar-refractivity contribution in [2.45, 2.75) is 19.9 Å². The molecule has 1 unspecified atom stereocenters. The molecule has 0 fully saturated rings. The topological polar surface area (TPSA) is 57.6 Å². The van der Waals surface area contributed by atoms with Crippen LogP contribution in [0.2, 0.25) is 0 Å². The molecule has 0 aliphatic carbocycles. The van der Waals surface area contributed by atoms with Crippen LogP contribution in [0.25, 0.3) is 0 Å². The summed E-state index contributed by atoms with van der Waals surface area (Å²) in [5, 5.41) is 0. The van der Waals surface area contributed by atoms with Crippen LogP contribution >= 0.6 is 0 Å². The predicted octanol–water partition coefficient (Wildman–Crippen LogP) is 2.97. The molecule has 0 saturated heterocycles. The predicted molar refractivity (Wildman–Crippen MR) is 78.0 cm³/mol. The summed E-state index contributed by atoms with van der Waals surface area (Å²) >= 11 is 0. The molecule has 1 aromatic heterocycles. The van der Waals surface area contributed by atoms with Gasteiger partial charge >= 0.3 is 0 Å². The molecule has 4 nitrogen and oxygen atoms in total. The second kappa shape index (κ2) is 6.59. The first-order valence-corrected chi connectivity index (χ1v) is 6.66. The summed E-state index contributed by atoms with van der Waals surface area (Å²) < 4.78 is 16.3. The van der Waals surface area contributed by atoms with E-state index in [1.165, 1.54) is 0 Å². The minimum atomic E-state index is -0.258. The second-order valence-electron chi connectivity index (χ2n) is 4.73. The van der Waals surface area contributed by atoms with Gasteiger partial charge in [0, 0.05) is 18.2 Å². The van der Waals surface area contributed by atoms with E-state index in [1.54, 1.807) is 7.11 Å². The first kappa shape index (κ1) is 14.6. The number of para-hydroxylation sites is 1. The highest BCUT2D eigenvalue weighted by atomic mass is 16.5. The van der Waals surface area contributed by atoms with E-state index in [9.17, 15) is 0 Å². The van der Waals surface area contributed by atoms with Gasteiger partial charge in [0.25, 0.3) is 0 Å². The average molecular weight is 275 g/mol. The quantitative estimate of drug-likeness (QED) is 0.823. The Balaban J connectivity index is 2.25. The molecular weight excluding hydrogens is 254 g/mol. The van der Waals surface area contributed by atoms with Gasteiger partial charge in [0.05, 0.1) is 12.6 Å². The molecular formula is C16H21NO3. The molecule has 1 heterocycles. The SMILES string of the molecule is COCCOc1ccccc1C(N)c1cc(C)oc1C. The van der Waals surface area contributed by atoms with Crippen LogP contribution in [0.5, 0.6) is 5.75 Å². The third-order valence-corrected chi connectivity index (χ3v) is 3.21. The van der Waals surface area contributed by atoms with Crippen molar-refractivity contribution in [3.8, 4) is 5.75 Å². The normalized spacial score (nSPS) is 12.4. The first-order chi connectivity index (χ1) is 9.63. The van der Waals surface area contributed by atoms with Crippen LogP contribution in [-0.4, -0.2) is 20.3 Å². The highest BCUT2D eigenvalue weighted by molar-refractivity contribution is 5.42. The van der Waals surface area contributed by atoms with E-state index < -0.39 is 0 Å². The highest BCUT2D eigenvalue weighted by Gasteiger charge is 2.18. The number of methoxy groups -OCH3 is 1. The molecule has 2 rings (SSSR count). The molecule has 0 amide bonds. The Kier molecular flexibility index (Phi) is 4.82. The van der Waals surface area contributed by atoms with Crippen molar-refractivity contribution in [2.24, 2.45) is 5.73 Å². The van der Waals surface area contributed by atoms with Crippen LogP contribution in [-0.2, 0) is 4.74 Å². The van der Waals surface area contributed by atoms with E-state index in [0.717, 1.165) is 28.4 Å². The monoisotopic (exact) mass is 275 g/mol. The third-order valence-electron chi connectivity index (χ3n) is 3.21. The fraction of sp³-hybridized carbons (Fsp3) is 0.375. The number of hydrogen-bond acceptors (Lipinski definition) is 4. The molecule has 0 aliphatic heterocycles. The molecule has 2 N–H and O–H groups in total. The van der Waals surface area contributed by atoms with Crippen LogP contribution < -0.4 is 10.5 Å². The lowest BCUT2D eigenvalue weighted by Crippen LogP contribution is -2.15. The molecule has 2 aromatic rings. The number of ether oxygens (including phenoxy) is 2. The lowest BCUT2D eigenvalue weighted by Gasteiger charge is -2.16.